The number of hydrogen-bond acceptors (Lipinski definition) is 3. The van der Waals surface area contributed by atoms with E-state index in [9.17, 15) is 14.7 Å². The van der Waals surface area contributed by atoms with Gasteiger partial charge in [-0.15, -0.1) is 0 Å². The molecule has 2 N–H and O–H groups in total. The second-order valence-corrected chi connectivity index (χ2v) is 8.32. The van der Waals surface area contributed by atoms with Crippen LogP contribution in [0.2, 0.25) is 0 Å². The van der Waals surface area contributed by atoms with Crippen LogP contribution in [0.4, 0.5) is 0 Å². The number of hydrogen-bond donors (Lipinski definition) is 2. The summed E-state index contributed by atoms with van der Waals surface area (Å²) in [6.45, 7) is 4.14. The molecule has 0 bridgehead atoms. The minimum Gasteiger partial charge on any atom is -0.478 e. The van der Waals surface area contributed by atoms with Crippen LogP contribution < -0.4 is 5.32 Å². The van der Waals surface area contributed by atoms with Crippen LogP contribution in [0.1, 0.15) is 79.1 Å². The molecule has 1 amide bonds. The van der Waals surface area contributed by atoms with Gasteiger partial charge in [0.15, 0.2) is 0 Å². The SMILES string of the molecule is CCC(CC)NC(=O)c1ccc(-c2nc3cc(C(=O)O)ccc3n2C2CCCC2)cc1. The van der Waals surface area contributed by atoms with Gasteiger partial charge in [0.05, 0.1) is 16.6 Å². The molecule has 1 fully saturated rings. The van der Waals surface area contributed by atoms with Crippen LogP contribution in [0.25, 0.3) is 22.4 Å². The molecule has 0 saturated heterocycles. The van der Waals surface area contributed by atoms with Crippen LogP contribution in [0.5, 0.6) is 0 Å². The van der Waals surface area contributed by atoms with Crippen molar-refractivity contribution < 1.29 is 14.7 Å². The Labute approximate surface area is 182 Å². The Balaban J connectivity index is 1.72. The minimum atomic E-state index is -0.952. The Bertz CT molecular complexity index is 1090. The highest BCUT2D eigenvalue weighted by Crippen LogP contribution is 2.37. The first-order chi connectivity index (χ1) is 15.0. The van der Waals surface area contributed by atoms with E-state index < -0.39 is 5.97 Å². The maximum Gasteiger partial charge on any atom is 0.335 e. The summed E-state index contributed by atoms with van der Waals surface area (Å²) in [5.74, 6) is -0.182. The van der Waals surface area contributed by atoms with Crippen LogP contribution in [0.15, 0.2) is 42.5 Å². The molecule has 2 aromatic carbocycles. The molecule has 1 heterocycles. The Morgan fingerprint density at radius 1 is 1.06 bits per heavy atom. The maximum atomic E-state index is 12.6. The third-order valence-electron chi connectivity index (χ3n) is 6.35. The third kappa shape index (κ3) is 4.20. The predicted octanol–water partition coefficient (Wildman–Crippen LogP) is 5.44. The normalized spacial score (nSPS) is 14.4. The fraction of sp³-hybridized carbons (Fsp3) is 0.400. The highest BCUT2D eigenvalue weighted by Gasteiger charge is 2.24. The molecule has 0 unspecified atom stereocenters. The van der Waals surface area contributed by atoms with Gasteiger partial charge >= 0.3 is 5.97 Å². The number of amides is 1. The van der Waals surface area contributed by atoms with Gasteiger partial charge in [-0.25, -0.2) is 9.78 Å². The largest absolute Gasteiger partial charge is 0.478 e. The molecule has 0 spiro atoms. The maximum absolute atomic E-state index is 12.6. The lowest BCUT2D eigenvalue weighted by molar-refractivity contribution is 0.0696. The smallest absolute Gasteiger partial charge is 0.335 e. The van der Waals surface area contributed by atoms with E-state index in [2.05, 4.69) is 23.7 Å². The van der Waals surface area contributed by atoms with Gasteiger partial charge in [0, 0.05) is 23.2 Å². The summed E-state index contributed by atoms with van der Waals surface area (Å²) in [5, 5.41) is 12.4. The van der Waals surface area contributed by atoms with Crippen molar-refractivity contribution in [2.24, 2.45) is 0 Å². The summed E-state index contributed by atoms with van der Waals surface area (Å²) >= 11 is 0. The number of nitrogens with one attached hydrogen (secondary N) is 1. The molecule has 31 heavy (non-hydrogen) atoms. The molecule has 0 aliphatic heterocycles. The van der Waals surface area contributed by atoms with E-state index in [1.807, 2.05) is 30.3 Å². The summed E-state index contributed by atoms with van der Waals surface area (Å²) < 4.78 is 2.26. The van der Waals surface area contributed by atoms with E-state index in [0.29, 0.717) is 17.1 Å². The van der Waals surface area contributed by atoms with Crippen molar-refractivity contribution in [3.05, 3.63) is 53.6 Å². The number of carbonyl (C=O) groups excluding carboxylic acids is 1. The average molecular weight is 420 g/mol. The van der Waals surface area contributed by atoms with Crippen LogP contribution >= 0.6 is 0 Å². The number of benzene rings is 2. The van der Waals surface area contributed by atoms with Crippen molar-refractivity contribution in [1.29, 1.82) is 0 Å². The molecule has 0 radical (unpaired) electrons. The number of carboxylic acid groups (broad SMARTS) is 1. The number of fused-ring (bicyclic) bond motifs is 1. The second-order valence-electron chi connectivity index (χ2n) is 8.32. The lowest BCUT2D eigenvalue weighted by atomic mass is 10.1. The molecule has 1 aliphatic rings. The summed E-state index contributed by atoms with van der Waals surface area (Å²) in [4.78, 5) is 28.8. The number of aromatic nitrogens is 2. The predicted molar refractivity (Wildman–Crippen MR) is 121 cm³/mol. The zero-order valence-electron chi connectivity index (χ0n) is 18.1. The third-order valence-corrected chi connectivity index (χ3v) is 6.35. The van der Waals surface area contributed by atoms with Crippen molar-refractivity contribution in [2.45, 2.75) is 64.5 Å². The standard InChI is InChI=1S/C25H29N3O3/c1-3-19(4-2)26-24(29)17-11-9-16(10-12-17)23-27-21-15-18(25(30)31)13-14-22(21)28(23)20-7-5-6-8-20/h9-15,19-20H,3-8H2,1-2H3,(H,26,29)(H,30,31). The summed E-state index contributed by atoms with van der Waals surface area (Å²) in [6, 6.07) is 13.2. The number of carbonyl (C=O) groups is 2. The monoisotopic (exact) mass is 419 g/mol. The van der Waals surface area contributed by atoms with Gasteiger partial charge < -0.3 is 15.0 Å². The number of nitrogens with zero attached hydrogens (tertiary/aromatic N) is 2. The minimum absolute atomic E-state index is 0.0596. The highest BCUT2D eigenvalue weighted by molar-refractivity contribution is 5.95. The molecule has 4 rings (SSSR count). The van der Waals surface area contributed by atoms with Gasteiger partial charge in [-0.1, -0.05) is 38.8 Å². The first kappa shape index (κ1) is 21.1. The van der Waals surface area contributed by atoms with Gasteiger partial charge in [-0.3, -0.25) is 4.79 Å². The Kier molecular flexibility index (Phi) is 6.07. The Morgan fingerprint density at radius 2 is 1.71 bits per heavy atom. The topological polar surface area (TPSA) is 84.2 Å². The van der Waals surface area contributed by atoms with Crippen LogP contribution in [0, 0.1) is 0 Å². The molecular formula is C25H29N3O3. The van der Waals surface area contributed by atoms with E-state index in [1.165, 1.54) is 12.8 Å². The fourth-order valence-electron chi connectivity index (χ4n) is 4.50. The Morgan fingerprint density at radius 3 is 2.32 bits per heavy atom. The second kappa shape index (κ2) is 8.92. The van der Waals surface area contributed by atoms with Crippen LogP contribution in [0.3, 0.4) is 0 Å². The highest BCUT2D eigenvalue weighted by atomic mass is 16.4. The molecule has 1 aliphatic carbocycles. The molecule has 1 aromatic heterocycles. The zero-order chi connectivity index (χ0) is 22.0. The first-order valence-electron chi connectivity index (χ1n) is 11.2. The molecule has 0 atom stereocenters. The van der Waals surface area contributed by atoms with E-state index in [1.54, 1.807) is 12.1 Å². The average Bonchev–Trinajstić information content (AvgIpc) is 3.44. The summed E-state index contributed by atoms with van der Waals surface area (Å²) in [6.07, 6.45) is 6.37. The lowest BCUT2D eigenvalue weighted by Gasteiger charge is -2.17. The van der Waals surface area contributed by atoms with E-state index in [4.69, 9.17) is 4.98 Å². The molecular weight excluding hydrogens is 390 g/mol. The summed E-state index contributed by atoms with van der Waals surface area (Å²) in [5.41, 5.74) is 3.45. The van der Waals surface area contributed by atoms with Gasteiger partial charge in [-0.2, -0.15) is 0 Å². The molecule has 1 saturated carbocycles. The van der Waals surface area contributed by atoms with Crippen LogP contribution in [-0.2, 0) is 0 Å². The van der Waals surface area contributed by atoms with E-state index in [-0.39, 0.29) is 17.5 Å². The van der Waals surface area contributed by atoms with Crippen molar-refractivity contribution in [2.75, 3.05) is 0 Å². The van der Waals surface area contributed by atoms with Crippen molar-refractivity contribution in [1.82, 2.24) is 14.9 Å². The van der Waals surface area contributed by atoms with Crippen molar-refractivity contribution >= 4 is 22.9 Å². The molecule has 6 heteroatoms. The van der Waals surface area contributed by atoms with E-state index >= 15 is 0 Å². The van der Waals surface area contributed by atoms with Gasteiger partial charge in [-0.05, 0) is 56.0 Å². The van der Waals surface area contributed by atoms with Crippen molar-refractivity contribution in [3.8, 4) is 11.4 Å². The lowest BCUT2D eigenvalue weighted by Crippen LogP contribution is -2.33. The van der Waals surface area contributed by atoms with Gasteiger partial charge in [0.2, 0.25) is 0 Å². The van der Waals surface area contributed by atoms with Gasteiger partial charge in [0.25, 0.3) is 5.91 Å². The number of rotatable bonds is 7. The fourth-order valence-corrected chi connectivity index (χ4v) is 4.50. The number of aromatic carboxylic acids is 1. The first-order valence-corrected chi connectivity index (χ1v) is 11.2. The van der Waals surface area contributed by atoms with E-state index in [0.717, 1.165) is 42.6 Å². The molecule has 3 aromatic rings. The molecule has 162 valence electrons. The number of imidazole rings is 1. The zero-order valence-corrected chi connectivity index (χ0v) is 18.1. The van der Waals surface area contributed by atoms with Crippen LogP contribution in [-0.4, -0.2) is 32.6 Å². The van der Waals surface area contributed by atoms with Gasteiger partial charge in [0.1, 0.15) is 5.82 Å². The quantitative estimate of drug-likeness (QED) is 0.534. The Hall–Kier alpha value is -3.15. The molecule has 6 nitrogen and oxygen atoms in total. The number of carboxylic acids is 1. The summed E-state index contributed by atoms with van der Waals surface area (Å²) in [7, 11) is 0. The van der Waals surface area contributed by atoms with Crippen molar-refractivity contribution in [3.63, 3.8) is 0 Å².